The molecule has 2 N–H and O–H groups in total. The topological polar surface area (TPSA) is 59.2 Å². The first-order valence-electron chi connectivity index (χ1n) is 7.16. The number of carbonyl (C=O) groups is 1. The van der Waals surface area contributed by atoms with E-state index in [9.17, 15) is 4.79 Å². The fraction of sp³-hybridized carbons (Fsp3) is 0.600. The largest absolute Gasteiger partial charge is 0.397 e. The molecular weight excluding hydrogens is 270 g/mol. The van der Waals surface area contributed by atoms with Gasteiger partial charge in [-0.1, -0.05) is 18.7 Å². The van der Waals surface area contributed by atoms with E-state index in [1.165, 1.54) is 24.6 Å². The van der Waals surface area contributed by atoms with Crippen molar-refractivity contribution in [1.82, 2.24) is 9.88 Å². The van der Waals surface area contributed by atoms with Crippen LogP contribution in [0.4, 0.5) is 5.69 Å². The Hall–Kier alpha value is -1.23. The van der Waals surface area contributed by atoms with Crippen molar-refractivity contribution in [2.75, 3.05) is 18.5 Å². The lowest BCUT2D eigenvalue weighted by molar-refractivity contribution is -0.129. The summed E-state index contributed by atoms with van der Waals surface area (Å²) >= 11 is 1.47. The molecule has 1 aromatic rings. The third-order valence-corrected chi connectivity index (χ3v) is 4.96. The quantitative estimate of drug-likeness (QED) is 0.867. The highest BCUT2D eigenvalue weighted by Gasteiger charge is 2.24. The summed E-state index contributed by atoms with van der Waals surface area (Å²) in [5.74, 6) is 1.44. The van der Waals surface area contributed by atoms with Crippen molar-refractivity contribution < 1.29 is 4.79 Å². The van der Waals surface area contributed by atoms with E-state index >= 15 is 0 Å². The third kappa shape index (κ3) is 4.13. The van der Waals surface area contributed by atoms with Gasteiger partial charge in [-0.05, 0) is 43.7 Å². The zero-order valence-corrected chi connectivity index (χ0v) is 13.0. The molecule has 0 spiro atoms. The molecule has 0 saturated heterocycles. The van der Waals surface area contributed by atoms with Crippen molar-refractivity contribution in [2.45, 2.75) is 43.7 Å². The minimum Gasteiger partial charge on any atom is -0.397 e. The minimum absolute atomic E-state index is 0.188. The van der Waals surface area contributed by atoms with E-state index in [0.717, 1.165) is 23.8 Å². The van der Waals surface area contributed by atoms with Crippen molar-refractivity contribution in [3.63, 3.8) is 0 Å². The minimum atomic E-state index is 0.188. The average Bonchev–Trinajstić information content (AvgIpc) is 2.46. The molecule has 1 saturated carbocycles. The lowest BCUT2D eigenvalue weighted by Crippen LogP contribution is -2.40. The Morgan fingerprint density at radius 2 is 2.10 bits per heavy atom. The summed E-state index contributed by atoms with van der Waals surface area (Å²) in [6.07, 6.45) is 6.35. The summed E-state index contributed by atoms with van der Waals surface area (Å²) in [5, 5.41) is 0.846. The maximum Gasteiger partial charge on any atom is 0.232 e. The van der Waals surface area contributed by atoms with Crippen LogP contribution in [0.1, 0.15) is 32.6 Å². The Morgan fingerprint density at radius 1 is 1.40 bits per heavy atom. The highest BCUT2D eigenvalue weighted by atomic mass is 32.2. The van der Waals surface area contributed by atoms with Crippen LogP contribution >= 0.6 is 11.8 Å². The molecule has 0 bridgehead atoms. The monoisotopic (exact) mass is 293 g/mol. The number of nitrogens with two attached hydrogens (primary N) is 1. The van der Waals surface area contributed by atoms with Gasteiger partial charge in [-0.15, -0.1) is 0 Å². The second kappa shape index (κ2) is 6.97. The van der Waals surface area contributed by atoms with Crippen LogP contribution in [0.25, 0.3) is 0 Å². The molecule has 1 aromatic heterocycles. The van der Waals surface area contributed by atoms with Crippen molar-refractivity contribution in [3.05, 3.63) is 18.3 Å². The van der Waals surface area contributed by atoms with Gasteiger partial charge in [0.15, 0.2) is 0 Å². The Balaban J connectivity index is 1.80. The smallest absolute Gasteiger partial charge is 0.232 e. The van der Waals surface area contributed by atoms with Gasteiger partial charge >= 0.3 is 0 Å². The van der Waals surface area contributed by atoms with E-state index < -0.39 is 0 Å². The van der Waals surface area contributed by atoms with Crippen LogP contribution in [0.15, 0.2) is 23.4 Å². The molecule has 2 rings (SSSR count). The van der Waals surface area contributed by atoms with E-state index in [1.54, 1.807) is 6.20 Å². The number of thioether (sulfide) groups is 1. The molecule has 20 heavy (non-hydrogen) atoms. The van der Waals surface area contributed by atoms with Gasteiger partial charge in [0.2, 0.25) is 5.91 Å². The maximum absolute atomic E-state index is 12.2. The summed E-state index contributed by atoms with van der Waals surface area (Å²) in [6, 6.07) is 4.08. The summed E-state index contributed by atoms with van der Waals surface area (Å²) in [4.78, 5) is 18.3. The number of nitrogens with zero attached hydrogens (tertiary/aromatic N) is 2. The highest BCUT2D eigenvalue weighted by molar-refractivity contribution is 7.99. The fourth-order valence-corrected chi connectivity index (χ4v) is 3.31. The van der Waals surface area contributed by atoms with Gasteiger partial charge in [0.25, 0.3) is 0 Å². The number of hydrogen-bond acceptors (Lipinski definition) is 4. The van der Waals surface area contributed by atoms with Crippen molar-refractivity contribution in [2.24, 2.45) is 5.92 Å². The Kier molecular flexibility index (Phi) is 5.29. The lowest BCUT2D eigenvalue weighted by Gasteiger charge is -2.33. The van der Waals surface area contributed by atoms with Crippen molar-refractivity contribution in [3.8, 4) is 0 Å². The first-order valence-corrected chi connectivity index (χ1v) is 8.15. The van der Waals surface area contributed by atoms with Crippen LogP contribution in [0, 0.1) is 5.92 Å². The first kappa shape index (κ1) is 15.2. The number of amides is 1. The maximum atomic E-state index is 12.2. The number of rotatable bonds is 4. The third-order valence-electron chi connectivity index (χ3n) is 4.03. The van der Waals surface area contributed by atoms with Crippen LogP contribution in [0.5, 0.6) is 0 Å². The SMILES string of the molecule is CC1CCC(N(C)C(=O)CSc2ccc(N)cn2)CC1. The summed E-state index contributed by atoms with van der Waals surface area (Å²) < 4.78 is 0. The Labute approximate surface area is 125 Å². The van der Waals surface area contributed by atoms with Gasteiger partial charge in [0, 0.05) is 13.1 Å². The molecule has 0 radical (unpaired) electrons. The average molecular weight is 293 g/mol. The van der Waals surface area contributed by atoms with Crippen molar-refractivity contribution >= 4 is 23.4 Å². The van der Waals surface area contributed by atoms with Crippen LogP contribution in [0.3, 0.4) is 0 Å². The van der Waals surface area contributed by atoms with Gasteiger partial charge < -0.3 is 10.6 Å². The number of nitrogen functional groups attached to an aromatic ring is 1. The molecule has 5 heteroatoms. The number of anilines is 1. The molecule has 0 unspecified atom stereocenters. The Morgan fingerprint density at radius 3 is 2.70 bits per heavy atom. The van der Waals surface area contributed by atoms with Crippen LogP contribution in [-0.2, 0) is 4.79 Å². The fourth-order valence-electron chi connectivity index (χ4n) is 2.55. The summed E-state index contributed by atoms with van der Waals surface area (Å²) in [6.45, 7) is 2.29. The van der Waals surface area contributed by atoms with E-state index in [2.05, 4.69) is 11.9 Å². The molecule has 110 valence electrons. The van der Waals surface area contributed by atoms with Crippen LogP contribution in [-0.4, -0.2) is 34.6 Å². The van der Waals surface area contributed by atoms with Crippen molar-refractivity contribution in [1.29, 1.82) is 0 Å². The van der Waals surface area contributed by atoms with E-state index in [0.29, 0.717) is 17.5 Å². The first-order chi connectivity index (χ1) is 9.56. The predicted molar refractivity (Wildman–Crippen MR) is 83.6 cm³/mol. The summed E-state index contributed by atoms with van der Waals surface area (Å²) in [7, 11) is 1.93. The predicted octanol–water partition coefficient (Wildman–Crippen LogP) is 2.79. The van der Waals surface area contributed by atoms with Gasteiger partial charge in [-0.25, -0.2) is 4.98 Å². The van der Waals surface area contributed by atoms with Gasteiger partial charge in [-0.2, -0.15) is 0 Å². The molecule has 0 atom stereocenters. The van der Waals surface area contributed by atoms with E-state index in [4.69, 9.17) is 5.73 Å². The lowest BCUT2D eigenvalue weighted by atomic mass is 9.87. The zero-order valence-electron chi connectivity index (χ0n) is 12.2. The van der Waals surface area contributed by atoms with E-state index in [1.807, 2.05) is 24.1 Å². The molecular formula is C15H23N3OS. The number of aromatic nitrogens is 1. The molecule has 1 amide bonds. The van der Waals surface area contributed by atoms with Crippen LogP contribution in [0.2, 0.25) is 0 Å². The molecule has 4 nitrogen and oxygen atoms in total. The Bertz CT molecular complexity index is 441. The normalized spacial score (nSPS) is 22.5. The molecule has 0 aromatic carbocycles. The second-order valence-corrected chi connectivity index (χ2v) is 6.63. The highest BCUT2D eigenvalue weighted by Crippen LogP contribution is 2.27. The number of pyridine rings is 1. The van der Waals surface area contributed by atoms with Crippen LogP contribution < -0.4 is 5.73 Å². The molecule has 1 fully saturated rings. The van der Waals surface area contributed by atoms with Gasteiger partial charge in [0.05, 0.1) is 22.7 Å². The number of carbonyl (C=O) groups excluding carboxylic acids is 1. The zero-order chi connectivity index (χ0) is 14.5. The van der Waals surface area contributed by atoms with Gasteiger partial charge in [0.1, 0.15) is 0 Å². The molecule has 0 aliphatic heterocycles. The molecule has 1 heterocycles. The second-order valence-electron chi connectivity index (χ2n) is 5.64. The standard InChI is InChI=1S/C15H23N3OS/c1-11-3-6-13(7-4-11)18(2)15(19)10-20-14-8-5-12(16)9-17-14/h5,8-9,11,13H,3-4,6-7,10,16H2,1-2H3. The van der Waals surface area contributed by atoms with Gasteiger partial charge in [-0.3, -0.25) is 4.79 Å². The molecule has 1 aliphatic rings. The number of hydrogen-bond donors (Lipinski definition) is 1. The molecule has 1 aliphatic carbocycles. The van der Waals surface area contributed by atoms with E-state index in [-0.39, 0.29) is 5.91 Å². The summed E-state index contributed by atoms with van der Waals surface area (Å²) in [5.41, 5.74) is 6.24.